The first kappa shape index (κ1) is 30.8. The van der Waals surface area contributed by atoms with Gasteiger partial charge in [0.15, 0.2) is 0 Å². The maximum atomic E-state index is 13.4. The lowest BCUT2D eigenvalue weighted by Gasteiger charge is -2.37. The van der Waals surface area contributed by atoms with Gasteiger partial charge < -0.3 is 4.90 Å². The standard InChI is InChI=1S/C26H25FN2.C10H19N/c1-3-20(4-2)24-15-16-26(23-13-6-5-11-21(23)18-28)29-25(24)14-8-10-19-9-7-12-22(27)17-19;1-4-6-9(2)10(3)11-7-5-8-11/h3,5-7,9,11-13,15-17,20H,1,4,8,10,14H2,2H3;9H,3-8H2,1-2H3. The van der Waals surface area contributed by atoms with Crippen LogP contribution in [0.3, 0.4) is 0 Å². The number of benzene rings is 2. The summed E-state index contributed by atoms with van der Waals surface area (Å²) in [5, 5.41) is 9.44. The molecule has 0 amide bonds. The highest BCUT2D eigenvalue weighted by molar-refractivity contribution is 5.67. The first-order chi connectivity index (χ1) is 19.4. The van der Waals surface area contributed by atoms with E-state index < -0.39 is 0 Å². The second-order valence-corrected chi connectivity index (χ2v) is 10.6. The Bertz CT molecular complexity index is 1300. The van der Waals surface area contributed by atoms with Crippen molar-refractivity contribution in [1.82, 2.24) is 9.88 Å². The maximum absolute atomic E-state index is 13.4. The van der Waals surface area contributed by atoms with Crippen LogP contribution in [-0.2, 0) is 12.8 Å². The smallest absolute Gasteiger partial charge is 0.123 e. The molecule has 0 bridgehead atoms. The van der Waals surface area contributed by atoms with Crippen LogP contribution in [0.4, 0.5) is 4.39 Å². The van der Waals surface area contributed by atoms with E-state index in [2.05, 4.69) is 51.0 Å². The second-order valence-electron chi connectivity index (χ2n) is 10.6. The molecule has 1 aliphatic rings. The molecule has 2 aromatic carbocycles. The summed E-state index contributed by atoms with van der Waals surface area (Å²) in [6, 6.07) is 20.7. The first-order valence-electron chi connectivity index (χ1n) is 14.7. The quantitative estimate of drug-likeness (QED) is 0.216. The van der Waals surface area contributed by atoms with Gasteiger partial charge in [0.1, 0.15) is 5.82 Å². The SMILES string of the molecule is C=C(C(C)CCC)N1CCC1.C=CC(CC)c1ccc(-c2ccccc2C#N)nc1CCCc1cccc(F)c1. The van der Waals surface area contributed by atoms with Gasteiger partial charge in [-0.3, -0.25) is 4.98 Å². The Kier molecular flexibility index (Phi) is 12.2. The fourth-order valence-corrected chi connectivity index (χ4v) is 5.18. The van der Waals surface area contributed by atoms with Crippen molar-refractivity contribution >= 4 is 0 Å². The number of hydrogen-bond acceptors (Lipinski definition) is 3. The summed E-state index contributed by atoms with van der Waals surface area (Å²) in [6.45, 7) is 17.2. The van der Waals surface area contributed by atoms with Crippen molar-refractivity contribution < 1.29 is 4.39 Å². The molecule has 1 aliphatic heterocycles. The van der Waals surface area contributed by atoms with E-state index >= 15 is 0 Å². The third-order valence-corrected chi connectivity index (χ3v) is 7.78. The molecule has 0 N–H and O–H groups in total. The molecule has 1 saturated heterocycles. The van der Waals surface area contributed by atoms with E-state index in [0.717, 1.165) is 48.2 Å². The molecule has 0 radical (unpaired) electrons. The third-order valence-electron chi connectivity index (χ3n) is 7.78. The highest BCUT2D eigenvalue weighted by Crippen LogP contribution is 2.29. The highest BCUT2D eigenvalue weighted by atomic mass is 19.1. The normalized spacial score (nSPS) is 13.7. The summed E-state index contributed by atoms with van der Waals surface area (Å²) < 4.78 is 13.4. The van der Waals surface area contributed by atoms with Crippen molar-refractivity contribution in [3.63, 3.8) is 0 Å². The fourth-order valence-electron chi connectivity index (χ4n) is 5.18. The van der Waals surface area contributed by atoms with Crippen LogP contribution in [-0.4, -0.2) is 23.0 Å². The van der Waals surface area contributed by atoms with Gasteiger partial charge >= 0.3 is 0 Å². The Morgan fingerprint density at radius 2 is 1.88 bits per heavy atom. The molecule has 210 valence electrons. The number of aryl methyl sites for hydroxylation is 2. The van der Waals surface area contributed by atoms with Crippen molar-refractivity contribution in [1.29, 1.82) is 5.26 Å². The van der Waals surface area contributed by atoms with Crippen molar-refractivity contribution in [2.75, 3.05) is 13.1 Å². The Morgan fingerprint density at radius 3 is 2.50 bits per heavy atom. The number of halogens is 1. The van der Waals surface area contributed by atoms with Crippen molar-refractivity contribution in [3.8, 4) is 17.3 Å². The number of hydrogen-bond donors (Lipinski definition) is 0. The van der Waals surface area contributed by atoms with Crippen LogP contribution >= 0.6 is 0 Å². The van der Waals surface area contributed by atoms with Crippen molar-refractivity contribution in [2.45, 2.75) is 71.6 Å². The first-order valence-corrected chi connectivity index (χ1v) is 14.7. The van der Waals surface area contributed by atoms with Crippen LogP contribution in [0.15, 0.2) is 85.6 Å². The van der Waals surface area contributed by atoms with Gasteiger partial charge in [-0.15, -0.1) is 6.58 Å². The maximum Gasteiger partial charge on any atom is 0.123 e. The van der Waals surface area contributed by atoms with E-state index in [-0.39, 0.29) is 11.7 Å². The number of likely N-dealkylation sites (tertiary alicyclic amines) is 1. The van der Waals surface area contributed by atoms with Crippen LogP contribution < -0.4 is 0 Å². The van der Waals surface area contributed by atoms with Crippen LogP contribution in [0.1, 0.15) is 81.2 Å². The predicted octanol–water partition coefficient (Wildman–Crippen LogP) is 9.26. The third kappa shape index (κ3) is 8.39. The zero-order valence-electron chi connectivity index (χ0n) is 24.5. The summed E-state index contributed by atoms with van der Waals surface area (Å²) in [6.07, 6.45) is 9.30. The zero-order chi connectivity index (χ0) is 28.9. The average molecular weight is 538 g/mol. The molecule has 0 spiro atoms. The summed E-state index contributed by atoms with van der Waals surface area (Å²) >= 11 is 0. The molecule has 0 aliphatic carbocycles. The monoisotopic (exact) mass is 537 g/mol. The molecule has 2 heterocycles. The number of aromatic nitrogens is 1. The van der Waals surface area contributed by atoms with Crippen LogP contribution in [0.5, 0.6) is 0 Å². The minimum absolute atomic E-state index is 0.200. The summed E-state index contributed by atoms with van der Waals surface area (Å²) in [4.78, 5) is 7.35. The topological polar surface area (TPSA) is 39.9 Å². The molecule has 40 heavy (non-hydrogen) atoms. The molecule has 1 fully saturated rings. The summed E-state index contributed by atoms with van der Waals surface area (Å²) in [7, 11) is 0. The van der Waals surface area contributed by atoms with E-state index in [1.54, 1.807) is 12.1 Å². The molecule has 0 saturated carbocycles. The zero-order valence-corrected chi connectivity index (χ0v) is 24.5. The Hall–Kier alpha value is -3.71. The lowest BCUT2D eigenvalue weighted by Crippen LogP contribution is -2.37. The lowest BCUT2D eigenvalue weighted by atomic mass is 9.91. The van der Waals surface area contributed by atoms with Gasteiger partial charge in [0.2, 0.25) is 0 Å². The van der Waals surface area contributed by atoms with Gasteiger partial charge in [0, 0.05) is 36.0 Å². The molecule has 2 atom stereocenters. The van der Waals surface area contributed by atoms with Crippen LogP contribution in [0.25, 0.3) is 11.3 Å². The van der Waals surface area contributed by atoms with Gasteiger partial charge in [0.05, 0.1) is 17.3 Å². The minimum atomic E-state index is -0.200. The highest BCUT2D eigenvalue weighted by Gasteiger charge is 2.19. The number of allylic oxidation sites excluding steroid dienone is 2. The summed E-state index contributed by atoms with van der Waals surface area (Å²) in [5.74, 6) is 0.737. The molecule has 1 aromatic heterocycles. The number of nitriles is 1. The van der Waals surface area contributed by atoms with E-state index in [9.17, 15) is 9.65 Å². The van der Waals surface area contributed by atoms with Crippen LogP contribution in [0, 0.1) is 23.1 Å². The number of pyridine rings is 1. The van der Waals surface area contributed by atoms with E-state index in [1.807, 2.05) is 42.5 Å². The predicted molar refractivity (Wildman–Crippen MR) is 165 cm³/mol. The van der Waals surface area contributed by atoms with Gasteiger partial charge in [-0.1, -0.05) is 76.2 Å². The minimum Gasteiger partial charge on any atom is -0.375 e. The van der Waals surface area contributed by atoms with Gasteiger partial charge in [-0.2, -0.15) is 5.26 Å². The molecular weight excluding hydrogens is 493 g/mol. The second kappa shape index (κ2) is 15.8. The Balaban J connectivity index is 0.000000336. The molecule has 4 heteroatoms. The van der Waals surface area contributed by atoms with E-state index in [4.69, 9.17) is 4.98 Å². The van der Waals surface area contributed by atoms with Crippen LogP contribution in [0.2, 0.25) is 0 Å². The molecule has 4 rings (SSSR count). The largest absolute Gasteiger partial charge is 0.375 e. The number of rotatable bonds is 12. The fraction of sp³-hybridized carbons (Fsp3) is 0.389. The average Bonchev–Trinajstić information content (AvgIpc) is 2.94. The molecule has 3 aromatic rings. The Labute approximate surface area is 241 Å². The molecule has 2 unspecified atom stereocenters. The van der Waals surface area contributed by atoms with Crippen molar-refractivity contribution in [3.05, 3.63) is 114 Å². The van der Waals surface area contributed by atoms with Crippen molar-refractivity contribution in [2.24, 2.45) is 5.92 Å². The molecular formula is C36H44FN3. The lowest BCUT2D eigenvalue weighted by molar-refractivity contribution is 0.212. The van der Waals surface area contributed by atoms with Gasteiger partial charge in [-0.25, -0.2) is 4.39 Å². The van der Waals surface area contributed by atoms with Gasteiger partial charge in [0.25, 0.3) is 0 Å². The molecule has 3 nitrogen and oxygen atoms in total. The van der Waals surface area contributed by atoms with E-state index in [0.29, 0.717) is 11.5 Å². The summed E-state index contributed by atoms with van der Waals surface area (Å²) in [5.41, 5.74) is 6.84. The Morgan fingerprint density at radius 1 is 1.10 bits per heavy atom. The van der Waals surface area contributed by atoms with Gasteiger partial charge in [-0.05, 0) is 79.8 Å². The number of nitrogens with zero attached hydrogens (tertiary/aromatic N) is 3. The van der Waals surface area contributed by atoms with E-state index in [1.165, 1.54) is 49.7 Å².